The van der Waals surface area contributed by atoms with Crippen molar-refractivity contribution < 1.29 is 0 Å². The fraction of sp³-hybridized carbons (Fsp3) is 0.389. The Hall–Kier alpha value is -2.07. The minimum absolute atomic E-state index is 0.559. The second-order valence-electron chi connectivity index (χ2n) is 5.61. The summed E-state index contributed by atoms with van der Waals surface area (Å²) in [6, 6.07) is 8.71. The van der Waals surface area contributed by atoms with E-state index in [4.69, 9.17) is 0 Å². The van der Waals surface area contributed by atoms with Crippen molar-refractivity contribution >= 4 is 5.71 Å². The maximum absolute atomic E-state index is 4.38. The number of aliphatic imine (C=N–C) groups is 1. The highest BCUT2D eigenvalue weighted by Crippen LogP contribution is 2.21. The van der Waals surface area contributed by atoms with E-state index in [1.165, 1.54) is 36.1 Å². The lowest BCUT2D eigenvalue weighted by Crippen LogP contribution is -2.12. The summed E-state index contributed by atoms with van der Waals surface area (Å²) in [6.07, 6.45) is 12.3. The number of hydrogen-bond acceptors (Lipinski definition) is 4. The van der Waals surface area contributed by atoms with Gasteiger partial charge in [0.2, 0.25) is 0 Å². The lowest BCUT2D eigenvalue weighted by molar-refractivity contribution is 0.645. The Morgan fingerprint density at radius 3 is 2.45 bits per heavy atom. The summed E-state index contributed by atoms with van der Waals surface area (Å²) in [5.74, 6) is 0. The molecule has 2 aliphatic heterocycles. The molecule has 1 saturated heterocycles. The highest BCUT2D eigenvalue weighted by Gasteiger charge is 2.15. The van der Waals surface area contributed by atoms with Gasteiger partial charge < -0.3 is 5.32 Å². The van der Waals surface area contributed by atoms with Crippen LogP contribution >= 0.6 is 0 Å². The first kappa shape index (κ1) is 14.9. The molecule has 114 valence electrons. The molecule has 0 aliphatic carbocycles. The quantitative estimate of drug-likeness (QED) is 0.925. The van der Waals surface area contributed by atoms with E-state index in [2.05, 4.69) is 32.4 Å². The molecule has 0 bridgehead atoms. The fourth-order valence-corrected chi connectivity index (χ4v) is 2.86. The van der Waals surface area contributed by atoms with Crippen molar-refractivity contribution in [1.82, 2.24) is 15.3 Å². The van der Waals surface area contributed by atoms with Crippen molar-refractivity contribution in [3.63, 3.8) is 0 Å². The maximum Gasteiger partial charge on any atom is 0.0436 e. The normalized spacial score (nSPS) is 20.2. The van der Waals surface area contributed by atoms with Crippen molar-refractivity contribution in [2.45, 2.75) is 31.7 Å². The summed E-state index contributed by atoms with van der Waals surface area (Å²) < 4.78 is 0. The molecule has 4 heterocycles. The molecule has 0 spiro atoms. The molecule has 2 aromatic heterocycles. The van der Waals surface area contributed by atoms with E-state index in [9.17, 15) is 0 Å². The third-order valence-electron chi connectivity index (χ3n) is 4.02. The molecule has 2 aromatic rings. The van der Waals surface area contributed by atoms with Gasteiger partial charge in [-0.05, 0) is 49.9 Å². The highest BCUT2D eigenvalue weighted by atomic mass is 14.9. The Kier molecular flexibility index (Phi) is 5.27. The summed E-state index contributed by atoms with van der Waals surface area (Å²) in [6.45, 7) is 2.14. The molecule has 0 amide bonds. The third-order valence-corrected chi connectivity index (χ3v) is 4.02. The van der Waals surface area contributed by atoms with E-state index in [0.29, 0.717) is 6.04 Å². The number of nitrogens with one attached hydrogen (secondary N) is 1. The van der Waals surface area contributed by atoms with Crippen molar-refractivity contribution in [3.05, 3.63) is 60.2 Å². The van der Waals surface area contributed by atoms with Crippen LogP contribution in [-0.4, -0.2) is 28.8 Å². The van der Waals surface area contributed by atoms with Gasteiger partial charge in [-0.3, -0.25) is 15.0 Å². The second kappa shape index (κ2) is 7.80. The van der Waals surface area contributed by atoms with Crippen LogP contribution in [0.2, 0.25) is 0 Å². The van der Waals surface area contributed by atoms with E-state index in [0.717, 1.165) is 19.5 Å². The van der Waals surface area contributed by atoms with Gasteiger partial charge in [0.1, 0.15) is 0 Å². The lowest BCUT2D eigenvalue weighted by atomic mass is 10.1. The minimum Gasteiger partial charge on any atom is -0.310 e. The van der Waals surface area contributed by atoms with Gasteiger partial charge in [0.15, 0.2) is 0 Å². The Balaban J connectivity index is 0.000000131. The van der Waals surface area contributed by atoms with Gasteiger partial charge in [-0.1, -0.05) is 12.1 Å². The number of nitrogens with zero attached hydrogens (tertiary/aromatic N) is 3. The van der Waals surface area contributed by atoms with Crippen LogP contribution in [-0.2, 0) is 0 Å². The summed E-state index contributed by atoms with van der Waals surface area (Å²) in [5.41, 5.74) is 3.73. The molecule has 0 aromatic carbocycles. The molecule has 0 radical (unpaired) electrons. The average molecular weight is 294 g/mol. The number of hydrogen-bond donors (Lipinski definition) is 1. The third kappa shape index (κ3) is 3.98. The summed E-state index contributed by atoms with van der Waals surface area (Å²) in [5, 5.41) is 3.43. The molecule has 1 N–H and O–H groups in total. The molecule has 1 fully saturated rings. The minimum atomic E-state index is 0.559. The number of pyridine rings is 2. The van der Waals surface area contributed by atoms with Gasteiger partial charge in [-0.2, -0.15) is 0 Å². The highest BCUT2D eigenvalue weighted by molar-refractivity contribution is 6.01. The van der Waals surface area contributed by atoms with E-state index < -0.39 is 0 Å². The Morgan fingerprint density at radius 1 is 1.00 bits per heavy atom. The van der Waals surface area contributed by atoms with Gasteiger partial charge in [-0.15, -0.1) is 0 Å². The monoisotopic (exact) mass is 294 g/mol. The zero-order chi connectivity index (χ0) is 15.0. The van der Waals surface area contributed by atoms with Crippen molar-refractivity contribution in [2.24, 2.45) is 4.99 Å². The van der Waals surface area contributed by atoms with Crippen LogP contribution in [0.25, 0.3) is 0 Å². The van der Waals surface area contributed by atoms with E-state index in [-0.39, 0.29) is 0 Å². The van der Waals surface area contributed by atoms with Gasteiger partial charge in [0, 0.05) is 48.6 Å². The van der Waals surface area contributed by atoms with Crippen LogP contribution in [0.3, 0.4) is 0 Å². The summed E-state index contributed by atoms with van der Waals surface area (Å²) in [4.78, 5) is 12.5. The number of rotatable bonds is 2. The van der Waals surface area contributed by atoms with Crippen molar-refractivity contribution in [3.8, 4) is 0 Å². The van der Waals surface area contributed by atoms with Crippen LogP contribution in [0.15, 0.2) is 54.0 Å². The van der Waals surface area contributed by atoms with Crippen molar-refractivity contribution in [1.29, 1.82) is 0 Å². The van der Waals surface area contributed by atoms with Gasteiger partial charge >= 0.3 is 0 Å². The molecule has 4 heteroatoms. The summed E-state index contributed by atoms with van der Waals surface area (Å²) >= 11 is 0. The predicted octanol–water partition coefficient (Wildman–Crippen LogP) is 3.17. The van der Waals surface area contributed by atoms with Gasteiger partial charge in [0.25, 0.3) is 0 Å². The molecule has 2 aliphatic rings. The average Bonchev–Trinajstić information content (AvgIpc) is 3.31. The second-order valence-corrected chi connectivity index (χ2v) is 5.61. The SMILES string of the molecule is c1cncc(C2=NCCC2)c1.c1cncc([C@@H]2CCCN2)c1. The first-order chi connectivity index (χ1) is 10.9. The van der Waals surface area contributed by atoms with Gasteiger partial charge in [0.05, 0.1) is 0 Å². The molecule has 0 saturated carbocycles. The maximum atomic E-state index is 4.38. The van der Waals surface area contributed by atoms with Crippen LogP contribution < -0.4 is 5.32 Å². The Morgan fingerprint density at radius 2 is 1.86 bits per heavy atom. The van der Waals surface area contributed by atoms with Crippen LogP contribution in [0.5, 0.6) is 0 Å². The molecular weight excluding hydrogens is 272 g/mol. The Bertz CT molecular complexity index is 589. The smallest absolute Gasteiger partial charge is 0.0436 e. The first-order valence-corrected chi connectivity index (χ1v) is 8.00. The molecule has 0 unspecified atom stereocenters. The van der Waals surface area contributed by atoms with Crippen LogP contribution in [0.1, 0.15) is 42.9 Å². The van der Waals surface area contributed by atoms with E-state index in [1.54, 1.807) is 6.20 Å². The zero-order valence-electron chi connectivity index (χ0n) is 12.8. The standard InChI is InChI=1S/C9H12N2.C9H10N2/c2*1-3-8(7-10-5-1)9-4-2-6-11-9/h1,3,5,7,9,11H,2,4,6H2;1,3,5,7H,2,4,6H2/t9-;/m0./s1. The van der Waals surface area contributed by atoms with Crippen molar-refractivity contribution in [2.75, 3.05) is 13.1 Å². The zero-order valence-corrected chi connectivity index (χ0v) is 12.8. The van der Waals surface area contributed by atoms with Crippen LogP contribution in [0, 0.1) is 0 Å². The number of aromatic nitrogens is 2. The fourth-order valence-electron chi connectivity index (χ4n) is 2.86. The van der Waals surface area contributed by atoms with Crippen LogP contribution in [0.4, 0.5) is 0 Å². The summed E-state index contributed by atoms with van der Waals surface area (Å²) in [7, 11) is 0. The topological polar surface area (TPSA) is 50.2 Å². The molecule has 4 nitrogen and oxygen atoms in total. The Labute approximate surface area is 131 Å². The first-order valence-electron chi connectivity index (χ1n) is 8.00. The van der Waals surface area contributed by atoms with E-state index >= 15 is 0 Å². The largest absolute Gasteiger partial charge is 0.310 e. The van der Waals surface area contributed by atoms with E-state index in [1.807, 2.05) is 30.7 Å². The molecular formula is C18H22N4. The molecule has 1 atom stereocenters. The molecule has 4 rings (SSSR count). The molecule has 22 heavy (non-hydrogen) atoms. The van der Waals surface area contributed by atoms with Gasteiger partial charge in [-0.25, -0.2) is 0 Å². The lowest BCUT2D eigenvalue weighted by Gasteiger charge is -2.08. The predicted molar refractivity (Wildman–Crippen MR) is 89.1 cm³/mol.